The molecule has 0 aromatic carbocycles. The second-order valence-electron chi connectivity index (χ2n) is 7.92. The van der Waals surface area contributed by atoms with E-state index in [4.69, 9.17) is 4.52 Å². The van der Waals surface area contributed by atoms with E-state index in [2.05, 4.69) is 25.1 Å². The zero-order valence-corrected chi connectivity index (χ0v) is 16.3. The normalized spacial score (nSPS) is 20.1. The van der Waals surface area contributed by atoms with Crippen LogP contribution >= 0.6 is 0 Å². The highest BCUT2D eigenvalue weighted by Crippen LogP contribution is 2.35. The SMILES string of the molecule is O=c1ccc(-c2cccnc2)nn1CC1CCCN1Cc1noc(C2CCC2)n1. The van der Waals surface area contributed by atoms with Gasteiger partial charge in [-0.25, -0.2) is 4.68 Å². The first kappa shape index (κ1) is 18.2. The van der Waals surface area contributed by atoms with Crippen LogP contribution in [0.25, 0.3) is 11.3 Å². The Morgan fingerprint density at radius 2 is 2.07 bits per heavy atom. The molecule has 3 aromatic rings. The molecule has 8 heteroatoms. The monoisotopic (exact) mass is 392 g/mol. The van der Waals surface area contributed by atoms with E-state index in [9.17, 15) is 4.79 Å². The van der Waals surface area contributed by atoms with Crippen LogP contribution in [0.15, 0.2) is 46.0 Å². The second kappa shape index (κ2) is 7.87. The van der Waals surface area contributed by atoms with Gasteiger partial charge in [-0.2, -0.15) is 10.1 Å². The smallest absolute Gasteiger partial charge is 0.266 e. The van der Waals surface area contributed by atoms with Crippen molar-refractivity contribution in [1.82, 2.24) is 29.8 Å². The van der Waals surface area contributed by atoms with Gasteiger partial charge in [-0.15, -0.1) is 0 Å². The van der Waals surface area contributed by atoms with Crippen molar-refractivity contribution in [3.8, 4) is 11.3 Å². The Bertz CT molecular complexity index is 1030. The molecule has 0 radical (unpaired) electrons. The Balaban J connectivity index is 1.30. The van der Waals surface area contributed by atoms with Gasteiger partial charge in [-0.05, 0) is 50.4 Å². The molecule has 1 aliphatic heterocycles. The van der Waals surface area contributed by atoms with Crippen LogP contribution in [0.4, 0.5) is 0 Å². The van der Waals surface area contributed by atoms with E-state index in [1.165, 1.54) is 6.42 Å². The molecule has 0 spiro atoms. The van der Waals surface area contributed by atoms with Crippen LogP contribution in [0.1, 0.15) is 49.7 Å². The first-order valence-electron chi connectivity index (χ1n) is 10.3. The maximum atomic E-state index is 12.4. The molecular weight excluding hydrogens is 368 g/mol. The van der Waals surface area contributed by atoms with Crippen LogP contribution in [-0.4, -0.2) is 42.4 Å². The summed E-state index contributed by atoms with van der Waals surface area (Å²) in [5, 5.41) is 8.76. The van der Waals surface area contributed by atoms with Crippen LogP contribution < -0.4 is 5.56 Å². The third kappa shape index (κ3) is 3.85. The predicted molar refractivity (Wildman–Crippen MR) is 106 cm³/mol. The van der Waals surface area contributed by atoms with E-state index in [0.717, 1.165) is 55.2 Å². The van der Waals surface area contributed by atoms with Crippen LogP contribution in [0.5, 0.6) is 0 Å². The predicted octanol–water partition coefficient (Wildman–Crippen LogP) is 2.62. The summed E-state index contributed by atoms with van der Waals surface area (Å²) in [6.45, 7) is 2.17. The minimum atomic E-state index is -0.0867. The van der Waals surface area contributed by atoms with Crippen LogP contribution in [0.3, 0.4) is 0 Å². The summed E-state index contributed by atoms with van der Waals surface area (Å²) < 4.78 is 7.03. The summed E-state index contributed by atoms with van der Waals surface area (Å²) in [5.74, 6) is 1.97. The highest BCUT2D eigenvalue weighted by molar-refractivity contribution is 5.56. The van der Waals surface area contributed by atoms with Gasteiger partial charge in [0.1, 0.15) is 0 Å². The van der Waals surface area contributed by atoms with Gasteiger partial charge in [0.2, 0.25) is 5.89 Å². The van der Waals surface area contributed by atoms with Gasteiger partial charge >= 0.3 is 0 Å². The third-order valence-electron chi connectivity index (χ3n) is 5.99. The molecule has 8 nitrogen and oxygen atoms in total. The third-order valence-corrected chi connectivity index (χ3v) is 5.99. The van der Waals surface area contributed by atoms with Gasteiger partial charge in [0.25, 0.3) is 5.56 Å². The van der Waals surface area contributed by atoms with Crippen LogP contribution in [0.2, 0.25) is 0 Å². The fourth-order valence-electron chi connectivity index (χ4n) is 4.09. The van der Waals surface area contributed by atoms with Gasteiger partial charge in [0.15, 0.2) is 5.82 Å². The molecule has 2 fully saturated rings. The number of hydrogen-bond donors (Lipinski definition) is 0. The lowest BCUT2D eigenvalue weighted by molar-refractivity contribution is 0.209. The summed E-state index contributed by atoms with van der Waals surface area (Å²) in [6.07, 6.45) is 9.15. The van der Waals surface area contributed by atoms with Crippen LogP contribution in [-0.2, 0) is 13.1 Å². The Kier molecular flexibility index (Phi) is 4.93. The summed E-state index contributed by atoms with van der Waals surface area (Å²) in [7, 11) is 0. The first-order valence-corrected chi connectivity index (χ1v) is 10.3. The van der Waals surface area contributed by atoms with E-state index in [1.807, 2.05) is 12.1 Å². The van der Waals surface area contributed by atoms with Gasteiger partial charge in [0.05, 0.1) is 18.8 Å². The maximum Gasteiger partial charge on any atom is 0.266 e. The Morgan fingerprint density at radius 1 is 1.14 bits per heavy atom. The maximum absolute atomic E-state index is 12.4. The van der Waals surface area contributed by atoms with Gasteiger partial charge in [-0.1, -0.05) is 11.6 Å². The molecule has 4 heterocycles. The lowest BCUT2D eigenvalue weighted by Crippen LogP contribution is -2.37. The summed E-state index contributed by atoms with van der Waals surface area (Å²) in [5.41, 5.74) is 1.57. The summed E-state index contributed by atoms with van der Waals surface area (Å²) in [6, 6.07) is 7.38. The number of aromatic nitrogens is 5. The molecular formula is C21H24N6O2. The lowest BCUT2D eigenvalue weighted by atomic mass is 9.85. The Morgan fingerprint density at radius 3 is 2.86 bits per heavy atom. The summed E-state index contributed by atoms with van der Waals surface area (Å²) in [4.78, 5) is 23.5. The molecule has 0 amide bonds. The van der Waals surface area contributed by atoms with Crippen molar-refractivity contribution in [3.63, 3.8) is 0 Å². The minimum absolute atomic E-state index is 0.0867. The average Bonchev–Trinajstić information content (AvgIpc) is 3.33. The molecule has 1 atom stereocenters. The fraction of sp³-hybridized carbons (Fsp3) is 0.476. The molecule has 0 N–H and O–H groups in total. The number of likely N-dealkylation sites (tertiary alicyclic amines) is 1. The minimum Gasteiger partial charge on any atom is -0.339 e. The second-order valence-corrected chi connectivity index (χ2v) is 7.92. The largest absolute Gasteiger partial charge is 0.339 e. The van der Waals surface area contributed by atoms with E-state index in [-0.39, 0.29) is 11.6 Å². The standard InChI is InChI=1S/C21H24N6O2/c28-20-9-8-18(16-6-2-10-22-12-16)24-27(20)13-17-7-3-11-26(17)14-19-23-21(29-25-19)15-4-1-5-15/h2,6,8-10,12,15,17H,1,3-5,7,11,13-14H2. The first-order chi connectivity index (χ1) is 14.3. The van der Waals surface area contributed by atoms with E-state index in [0.29, 0.717) is 19.0 Å². The molecule has 2 aliphatic rings. The Labute approximate surface area is 168 Å². The van der Waals surface area contributed by atoms with E-state index in [1.54, 1.807) is 29.2 Å². The zero-order valence-electron chi connectivity index (χ0n) is 16.3. The van der Waals surface area contributed by atoms with Gasteiger partial charge in [-0.3, -0.25) is 14.7 Å². The zero-order chi connectivity index (χ0) is 19.6. The molecule has 0 bridgehead atoms. The molecule has 1 saturated carbocycles. The number of hydrogen-bond acceptors (Lipinski definition) is 7. The van der Waals surface area contributed by atoms with Gasteiger partial charge in [0, 0.05) is 36.0 Å². The topological polar surface area (TPSA) is 89.9 Å². The summed E-state index contributed by atoms with van der Waals surface area (Å²) >= 11 is 0. The molecule has 5 rings (SSSR count). The quantitative estimate of drug-likeness (QED) is 0.637. The molecule has 1 aliphatic carbocycles. The van der Waals surface area contributed by atoms with Crippen molar-refractivity contribution >= 4 is 0 Å². The highest BCUT2D eigenvalue weighted by atomic mass is 16.5. The van der Waals surface area contributed by atoms with Gasteiger partial charge < -0.3 is 4.52 Å². The molecule has 29 heavy (non-hydrogen) atoms. The van der Waals surface area contributed by atoms with Crippen molar-refractivity contribution in [2.24, 2.45) is 0 Å². The van der Waals surface area contributed by atoms with Crippen molar-refractivity contribution in [2.45, 2.75) is 57.2 Å². The Hall–Kier alpha value is -2.87. The highest BCUT2D eigenvalue weighted by Gasteiger charge is 2.29. The van der Waals surface area contributed by atoms with Crippen molar-refractivity contribution in [2.75, 3.05) is 6.54 Å². The van der Waals surface area contributed by atoms with Crippen LogP contribution in [0, 0.1) is 0 Å². The molecule has 150 valence electrons. The molecule has 1 saturated heterocycles. The lowest BCUT2D eigenvalue weighted by Gasteiger charge is -2.23. The molecule has 3 aromatic heterocycles. The van der Waals surface area contributed by atoms with Crippen molar-refractivity contribution in [1.29, 1.82) is 0 Å². The van der Waals surface area contributed by atoms with E-state index < -0.39 is 0 Å². The average molecular weight is 392 g/mol. The van der Waals surface area contributed by atoms with Crippen molar-refractivity contribution < 1.29 is 4.52 Å². The van der Waals surface area contributed by atoms with Crippen molar-refractivity contribution in [3.05, 3.63) is 58.7 Å². The number of nitrogens with zero attached hydrogens (tertiary/aromatic N) is 6. The van der Waals surface area contributed by atoms with E-state index >= 15 is 0 Å². The number of pyridine rings is 1. The molecule has 1 unspecified atom stereocenters. The number of rotatable bonds is 6. The fourth-order valence-corrected chi connectivity index (χ4v) is 4.09.